The van der Waals surface area contributed by atoms with Gasteiger partial charge in [-0.15, -0.1) is 0 Å². The van der Waals surface area contributed by atoms with Crippen molar-refractivity contribution in [3.63, 3.8) is 0 Å². The minimum atomic E-state index is -0.340. The largest absolute Gasteiger partial charge is 0.495 e. The van der Waals surface area contributed by atoms with Crippen molar-refractivity contribution in [2.24, 2.45) is 5.41 Å². The van der Waals surface area contributed by atoms with E-state index in [9.17, 15) is 4.79 Å². The van der Waals surface area contributed by atoms with Crippen molar-refractivity contribution >= 4 is 11.6 Å². The number of carbonyl (C=O) groups is 1. The van der Waals surface area contributed by atoms with Crippen molar-refractivity contribution in [3.8, 4) is 5.75 Å². The fourth-order valence-corrected chi connectivity index (χ4v) is 1.35. The third kappa shape index (κ3) is 3.63. The maximum absolute atomic E-state index is 11.9. The van der Waals surface area contributed by atoms with E-state index >= 15 is 0 Å². The number of anilines is 1. The number of methoxy groups -OCH3 is 1. The summed E-state index contributed by atoms with van der Waals surface area (Å²) < 4.78 is 5.02. The maximum atomic E-state index is 11.9. The molecule has 18 heavy (non-hydrogen) atoms. The van der Waals surface area contributed by atoms with Crippen LogP contribution in [0.25, 0.3) is 0 Å². The van der Waals surface area contributed by atoms with Crippen LogP contribution in [0.5, 0.6) is 5.75 Å². The van der Waals surface area contributed by atoms with Gasteiger partial charge in [0.2, 0.25) is 0 Å². The van der Waals surface area contributed by atoms with Crippen molar-refractivity contribution in [1.29, 1.82) is 0 Å². The van der Waals surface area contributed by atoms with Gasteiger partial charge in [0.15, 0.2) is 0 Å². The first-order chi connectivity index (χ1) is 8.39. The summed E-state index contributed by atoms with van der Waals surface area (Å²) in [6.45, 7) is 4.15. The summed E-state index contributed by atoms with van der Waals surface area (Å²) in [6, 6.07) is 4.87. The molecule has 0 aromatic heterocycles. The Hall–Kier alpha value is -1.75. The third-order valence-electron chi connectivity index (χ3n) is 2.65. The number of aliphatic hydroxyl groups excluding tert-OH is 1. The van der Waals surface area contributed by atoms with E-state index in [1.807, 2.05) is 13.8 Å². The van der Waals surface area contributed by atoms with Gasteiger partial charge in [0.25, 0.3) is 5.91 Å². The van der Waals surface area contributed by atoms with Gasteiger partial charge in [0, 0.05) is 24.1 Å². The summed E-state index contributed by atoms with van der Waals surface area (Å²) in [5, 5.41) is 11.9. The van der Waals surface area contributed by atoms with Gasteiger partial charge >= 0.3 is 0 Å². The second-order valence-electron chi connectivity index (χ2n) is 4.96. The summed E-state index contributed by atoms with van der Waals surface area (Å²) in [5.74, 6) is 0.327. The minimum absolute atomic E-state index is 0.0119. The minimum Gasteiger partial charge on any atom is -0.495 e. The van der Waals surface area contributed by atoms with E-state index in [4.69, 9.17) is 15.6 Å². The molecule has 0 saturated carbocycles. The molecule has 0 aliphatic carbocycles. The molecule has 4 N–H and O–H groups in total. The second-order valence-corrected chi connectivity index (χ2v) is 4.96. The van der Waals surface area contributed by atoms with Gasteiger partial charge in [-0.05, 0) is 18.2 Å². The Bertz CT molecular complexity index is 430. The van der Waals surface area contributed by atoms with Crippen LogP contribution in [0.15, 0.2) is 18.2 Å². The van der Waals surface area contributed by atoms with Gasteiger partial charge in [-0.1, -0.05) is 13.8 Å². The van der Waals surface area contributed by atoms with Gasteiger partial charge in [0.05, 0.1) is 12.8 Å². The molecule has 0 bridgehead atoms. The van der Waals surface area contributed by atoms with Crippen LogP contribution in [-0.4, -0.2) is 31.3 Å². The van der Waals surface area contributed by atoms with Crippen LogP contribution in [0.4, 0.5) is 5.69 Å². The van der Waals surface area contributed by atoms with E-state index in [2.05, 4.69) is 5.32 Å². The molecule has 0 saturated heterocycles. The topological polar surface area (TPSA) is 84.6 Å². The zero-order chi connectivity index (χ0) is 13.8. The van der Waals surface area contributed by atoms with Crippen LogP contribution in [0.2, 0.25) is 0 Å². The lowest BCUT2D eigenvalue weighted by Gasteiger charge is -2.21. The van der Waals surface area contributed by atoms with E-state index in [-0.39, 0.29) is 17.9 Å². The number of ether oxygens (including phenoxy) is 1. The van der Waals surface area contributed by atoms with E-state index in [1.165, 1.54) is 7.11 Å². The van der Waals surface area contributed by atoms with Crippen LogP contribution in [-0.2, 0) is 0 Å². The van der Waals surface area contributed by atoms with Crippen molar-refractivity contribution < 1.29 is 14.6 Å². The van der Waals surface area contributed by atoms with Crippen LogP contribution < -0.4 is 15.8 Å². The molecule has 0 heterocycles. The average molecular weight is 252 g/mol. The van der Waals surface area contributed by atoms with E-state index in [0.717, 1.165) is 0 Å². The standard InChI is InChI=1S/C13H20N2O3/c1-13(2,8-16)7-15-12(17)9-4-5-11(18-3)10(14)6-9/h4-6,16H,7-8,14H2,1-3H3,(H,15,17). The number of rotatable bonds is 5. The molecule has 5 nitrogen and oxygen atoms in total. The highest BCUT2D eigenvalue weighted by Crippen LogP contribution is 2.22. The second kappa shape index (κ2) is 5.73. The van der Waals surface area contributed by atoms with E-state index in [1.54, 1.807) is 18.2 Å². The SMILES string of the molecule is COc1ccc(C(=O)NCC(C)(C)CO)cc1N. The molecule has 0 unspecified atom stereocenters. The Balaban J connectivity index is 2.71. The molecule has 1 aromatic carbocycles. The van der Waals surface area contributed by atoms with Crippen molar-refractivity contribution in [2.45, 2.75) is 13.8 Å². The predicted octanol–water partition coefficient (Wildman–Crippen LogP) is 1.03. The van der Waals surface area contributed by atoms with Crippen molar-refractivity contribution in [3.05, 3.63) is 23.8 Å². The van der Waals surface area contributed by atoms with E-state index in [0.29, 0.717) is 23.5 Å². The average Bonchev–Trinajstić information content (AvgIpc) is 2.36. The van der Waals surface area contributed by atoms with Crippen LogP contribution in [0, 0.1) is 5.41 Å². The van der Waals surface area contributed by atoms with Crippen molar-refractivity contribution in [1.82, 2.24) is 5.32 Å². The molecule has 0 spiro atoms. The van der Waals surface area contributed by atoms with Crippen LogP contribution in [0.1, 0.15) is 24.2 Å². The number of aliphatic hydroxyl groups is 1. The molecule has 0 aliphatic heterocycles. The number of hydrogen-bond acceptors (Lipinski definition) is 4. The van der Waals surface area contributed by atoms with Gasteiger partial charge in [-0.3, -0.25) is 4.79 Å². The number of benzene rings is 1. The monoisotopic (exact) mass is 252 g/mol. The molecule has 0 aliphatic rings. The third-order valence-corrected chi connectivity index (χ3v) is 2.65. The Morgan fingerprint density at radius 1 is 1.50 bits per heavy atom. The Labute approximate surface area is 107 Å². The highest BCUT2D eigenvalue weighted by molar-refractivity contribution is 5.95. The van der Waals surface area contributed by atoms with Gasteiger partial charge < -0.3 is 20.9 Å². The molecule has 0 atom stereocenters. The molecule has 100 valence electrons. The lowest BCUT2D eigenvalue weighted by Crippen LogP contribution is -2.36. The fourth-order valence-electron chi connectivity index (χ4n) is 1.35. The highest BCUT2D eigenvalue weighted by atomic mass is 16.5. The van der Waals surface area contributed by atoms with Crippen LogP contribution >= 0.6 is 0 Å². The molecule has 1 amide bonds. The summed E-state index contributed by atoms with van der Waals surface area (Å²) >= 11 is 0. The van der Waals surface area contributed by atoms with Gasteiger partial charge in [-0.2, -0.15) is 0 Å². The highest BCUT2D eigenvalue weighted by Gasteiger charge is 2.18. The van der Waals surface area contributed by atoms with Crippen molar-refractivity contribution in [2.75, 3.05) is 26.0 Å². The molecule has 1 rings (SSSR count). The first kappa shape index (κ1) is 14.3. The van der Waals surface area contributed by atoms with Gasteiger partial charge in [-0.25, -0.2) is 0 Å². The number of nitrogens with two attached hydrogens (primary N) is 1. The molecule has 5 heteroatoms. The predicted molar refractivity (Wildman–Crippen MR) is 70.6 cm³/mol. The van der Waals surface area contributed by atoms with Gasteiger partial charge in [0.1, 0.15) is 5.75 Å². The number of hydrogen-bond donors (Lipinski definition) is 3. The first-order valence-electron chi connectivity index (χ1n) is 5.72. The zero-order valence-corrected chi connectivity index (χ0v) is 11.0. The normalized spacial score (nSPS) is 11.1. The Morgan fingerprint density at radius 3 is 2.67 bits per heavy atom. The quantitative estimate of drug-likeness (QED) is 0.683. The lowest BCUT2D eigenvalue weighted by molar-refractivity contribution is 0.0911. The molecular weight excluding hydrogens is 232 g/mol. The zero-order valence-electron chi connectivity index (χ0n) is 11.0. The molecular formula is C13H20N2O3. The Morgan fingerprint density at radius 2 is 2.17 bits per heavy atom. The number of amides is 1. The number of nitrogen functional groups attached to an aromatic ring is 1. The molecule has 1 aromatic rings. The summed E-state index contributed by atoms with van der Waals surface area (Å²) in [4.78, 5) is 11.9. The molecule has 0 radical (unpaired) electrons. The molecule has 0 fully saturated rings. The summed E-state index contributed by atoms with van der Waals surface area (Å²) in [7, 11) is 1.52. The number of carbonyl (C=O) groups excluding carboxylic acids is 1. The lowest BCUT2D eigenvalue weighted by atomic mass is 9.95. The van der Waals surface area contributed by atoms with Crippen LogP contribution in [0.3, 0.4) is 0 Å². The summed E-state index contributed by atoms with van der Waals surface area (Å²) in [5.41, 5.74) is 6.29. The Kier molecular flexibility index (Phi) is 4.55. The number of nitrogens with one attached hydrogen (secondary N) is 1. The maximum Gasteiger partial charge on any atom is 0.251 e. The fraction of sp³-hybridized carbons (Fsp3) is 0.462. The first-order valence-corrected chi connectivity index (χ1v) is 5.72. The van der Waals surface area contributed by atoms with E-state index < -0.39 is 0 Å². The summed E-state index contributed by atoms with van der Waals surface area (Å²) in [6.07, 6.45) is 0. The smallest absolute Gasteiger partial charge is 0.251 e.